The van der Waals surface area contributed by atoms with Gasteiger partial charge in [0, 0.05) is 50.6 Å². The fraction of sp³-hybridized carbons (Fsp3) is 0.391. The van der Waals surface area contributed by atoms with E-state index < -0.39 is 0 Å². The first-order valence-electron chi connectivity index (χ1n) is 10.9. The van der Waals surface area contributed by atoms with Gasteiger partial charge < -0.3 is 19.0 Å². The number of methoxy groups -OCH3 is 1. The molecule has 0 saturated carbocycles. The smallest absolute Gasteiger partial charge is 0.247 e. The molecule has 0 radical (unpaired) electrons. The Morgan fingerprint density at radius 3 is 2.73 bits per heavy atom. The number of anilines is 1. The van der Waals surface area contributed by atoms with Crippen LogP contribution in [0.3, 0.4) is 0 Å². The maximum atomic E-state index is 13.1. The lowest BCUT2D eigenvalue weighted by molar-refractivity contribution is -0.131. The highest BCUT2D eigenvalue weighted by molar-refractivity contribution is 6.32. The number of amides is 1. The van der Waals surface area contributed by atoms with Crippen molar-refractivity contribution < 1.29 is 13.9 Å². The molecule has 0 N–H and O–H groups in total. The van der Waals surface area contributed by atoms with Gasteiger partial charge in [-0.3, -0.25) is 9.79 Å². The van der Waals surface area contributed by atoms with Crippen molar-refractivity contribution in [3.8, 4) is 5.75 Å². The van der Waals surface area contributed by atoms with Gasteiger partial charge in [-0.05, 0) is 18.6 Å². The van der Waals surface area contributed by atoms with E-state index in [0.717, 1.165) is 30.8 Å². The average molecular weight is 471 g/mol. The Morgan fingerprint density at radius 1 is 1.30 bits per heavy atom. The van der Waals surface area contributed by atoms with Gasteiger partial charge in [0.05, 0.1) is 18.3 Å². The average Bonchev–Trinajstić information content (AvgIpc) is 3.48. The van der Waals surface area contributed by atoms with Crippen molar-refractivity contribution in [2.75, 3.05) is 51.8 Å². The van der Waals surface area contributed by atoms with Crippen LogP contribution < -0.4 is 9.64 Å². The number of aliphatic imine (C=N–C) groups is 1. The van der Waals surface area contributed by atoms with E-state index in [1.54, 1.807) is 25.4 Å². The van der Waals surface area contributed by atoms with Crippen LogP contribution in [0.15, 0.2) is 56.8 Å². The van der Waals surface area contributed by atoms with E-state index in [2.05, 4.69) is 20.0 Å². The standard InChI is InChI=1S/C23H27ClN6O3/c1-4-5-17-21(23-26-8-13-33-23)27-30(22(17)25-2)15-20(31)29-11-9-28(10-12-29)16-6-7-18(24)19(14-16)32-3/h5-8,13-14H,4,9-12,15H2,1-3H3/b17-5-,25-22?. The molecule has 33 heavy (non-hydrogen) atoms. The zero-order valence-electron chi connectivity index (χ0n) is 19.0. The summed E-state index contributed by atoms with van der Waals surface area (Å²) in [6.45, 7) is 4.81. The number of piperazine rings is 1. The Kier molecular flexibility index (Phi) is 6.98. The molecule has 1 amide bonds. The molecule has 9 nitrogen and oxygen atoms in total. The molecule has 2 aliphatic heterocycles. The van der Waals surface area contributed by atoms with Crippen molar-refractivity contribution >= 4 is 34.7 Å². The summed E-state index contributed by atoms with van der Waals surface area (Å²) in [4.78, 5) is 25.8. The highest BCUT2D eigenvalue weighted by Crippen LogP contribution is 2.30. The van der Waals surface area contributed by atoms with Crippen molar-refractivity contribution in [3.05, 3.63) is 53.2 Å². The molecule has 1 saturated heterocycles. The van der Waals surface area contributed by atoms with Gasteiger partial charge in [0.1, 0.15) is 18.6 Å². The third-order valence-corrected chi connectivity index (χ3v) is 5.95. The number of nitrogens with zero attached hydrogens (tertiary/aromatic N) is 6. The van der Waals surface area contributed by atoms with Gasteiger partial charge in [-0.1, -0.05) is 24.6 Å². The molecule has 2 aliphatic rings. The minimum absolute atomic E-state index is 0.00209. The summed E-state index contributed by atoms with van der Waals surface area (Å²) in [6, 6.07) is 5.72. The Hall–Kier alpha value is -3.33. The monoisotopic (exact) mass is 470 g/mol. The van der Waals surface area contributed by atoms with Crippen molar-refractivity contribution in [1.29, 1.82) is 0 Å². The van der Waals surface area contributed by atoms with Gasteiger partial charge in [-0.15, -0.1) is 0 Å². The number of aromatic nitrogens is 1. The van der Waals surface area contributed by atoms with E-state index >= 15 is 0 Å². The number of oxazole rings is 1. The van der Waals surface area contributed by atoms with Crippen molar-refractivity contribution in [2.24, 2.45) is 10.1 Å². The zero-order valence-corrected chi connectivity index (χ0v) is 19.7. The number of benzene rings is 1. The molecule has 3 heterocycles. The molecule has 1 fully saturated rings. The Morgan fingerprint density at radius 2 is 2.09 bits per heavy atom. The van der Waals surface area contributed by atoms with Crippen LogP contribution in [0.4, 0.5) is 5.69 Å². The molecule has 2 aromatic rings. The summed E-state index contributed by atoms with van der Waals surface area (Å²) in [7, 11) is 3.30. The number of amidine groups is 1. The number of halogens is 1. The first-order valence-corrected chi connectivity index (χ1v) is 11.2. The highest BCUT2D eigenvalue weighted by Gasteiger charge is 2.33. The number of allylic oxidation sites excluding steroid dienone is 1. The van der Waals surface area contributed by atoms with Crippen LogP contribution in [-0.4, -0.2) is 79.2 Å². The molecule has 4 rings (SSSR count). The second-order valence-corrected chi connectivity index (χ2v) is 8.01. The first kappa shape index (κ1) is 22.8. The van der Waals surface area contributed by atoms with Crippen LogP contribution in [0.25, 0.3) is 0 Å². The third kappa shape index (κ3) is 4.73. The second kappa shape index (κ2) is 10.1. The summed E-state index contributed by atoms with van der Waals surface area (Å²) >= 11 is 6.14. The lowest BCUT2D eigenvalue weighted by atomic mass is 10.1. The molecule has 0 aliphatic carbocycles. The van der Waals surface area contributed by atoms with Gasteiger partial charge in [0.2, 0.25) is 11.8 Å². The van der Waals surface area contributed by atoms with E-state index in [1.807, 2.05) is 36.1 Å². The SMILES string of the molecule is CC/C=C1/C(c2ncco2)=NN(CC(=O)N2CCN(c3ccc(Cl)c(OC)c3)CC2)C1=NC. The summed E-state index contributed by atoms with van der Waals surface area (Å²) < 4.78 is 10.8. The van der Waals surface area contributed by atoms with Crippen LogP contribution in [-0.2, 0) is 4.79 Å². The Balaban J connectivity index is 1.43. The fourth-order valence-electron chi connectivity index (χ4n) is 3.99. The number of hydrogen-bond acceptors (Lipinski definition) is 7. The Bertz CT molecular complexity index is 1090. The van der Waals surface area contributed by atoms with Crippen LogP contribution in [0.2, 0.25) is 5.02 Å². The maximum Gasteiger partial charge on any atom is 0.247 e. The first-order chi connectivity index (χ1) is 16.0. The van der Waals surface area contributed by atoms with Crippen LogP contribution in [0.1, 0.15) is 19.2 Å². The number of rotatable bonds is 6. The number of hydrazone groups is 1. The largest absolute Gasteiger partial charge is 0.495 e. The normalized spacial score (nSPS) is 18.9. The molecule has 0 atom stereocenters. The number of carbonyl (C=O) groups excluding carboxylic acids is 1. The molecule has 10 heteroatoms. The molecule has 0 bridgehead atoms. The summed E-state index contributed by atoms with van der Waals surface area (Å²) in [6.07, 6.45) is 5.91. The third-order valence-electron chi connectivity index (χ3n) is 5.63. The van der Waals surface area contributed by atoms with Gasteiger partial charge >= 0.3 is 0 Å². The predicted octanol–water partition coefficient (Wildman–Crippen LogP) is 3.07. The van der Waals surface area contributed by atoms with E-state index in [4.69, 9.17) is 20.8 Å². The van der Waals surface area contributed by atoms with E-state index in [0.29, 0.717) is 41.3 Å². The number of carbonyl (C=O) groups is 1. The lowest BCUT2D eigenvalue weighted by Gasteiger charge is -2.36. The van der Waals surface area contributed by atoms with Gasteiger partial charge in [0.25, 0.3) is 0 Å². The molecule has 0 unspecified atom stereocenters. The quantitative estimate of drug-likeness (QED) is 0.644. The molecule has 0 spiro atoms. The van der Waals surface area contributed by atoms with Gasteiger partial charge in [-0.2, -0.15) is 5.10 Å². The summed E-state index contributed by atoms with van der Waals surface area (Å²) in [5, 5.41) is 6.84. The van der Waals surface area contributed by atoms with Crippen LogP contribution >= 0.6 is 11.6 Å². The molecular weight excluding hydrogens is 444 g/mol. The fourth-order valence-corrected chi connectivity index (χ4v) is 4.19. The van der Waals surface area contributed by atoms with Gasteiger partial charge in [0.15, 0.2) is 11.5 Å². The van der Waals surface area contributed by atoms with Gasteiger partial charge in [-0.25, -0.2) is 9.99 Å². The predicted molar refractivity (Wildman–Crippen MR) is 128 cm³/mol. The lowest BCUT2D eigenvalue weighted by Crippen LogP contribution is -2.51. The van der Waals surface area contributed by atoms with E-state index in [-0.39, 0.29) is 12.5 Å². The molecule has 1 aromatic carbocycles. The van der Waals surface area contributed by atoms with Crippen LogP contribution in [0.5, 0.6) is 5.75 Å². The topological polar surface area (TPSA) is 86.8 Å². The maximum absolute atomic E-state index is 13.1. The minimum Gasteiger partial charge on any atom is -0.495 e. The summed E-state index contributed by atoms with van der Waals surface area (Å²) in [5.74, 6) is 1.70. The summed E-state index contributed by atoms with van der Waals surface area (Å²) in [5.41, 5.74) is 2.45. The van der Waals surface area contributed by atoms with Crippen LogP contribution in [0, 0.1) is 0 Å². The number of hydrogen-bond donors (Lipinski definition) is 0. The second-order valence-electron chi connectivity index (χ2n) is 7.60. The molecule has 174 valence electrons. The van der Waals surface area contributed by atoms with Crippen molar-refractivity contribution in [3.63, 3.8) is 0 Å². The highest BCUT2D eigenvalue weighted by atomic mass is 35.5. The Labute approximate surface area is 198 Å². The van der Waals surface area contributed by atoms with E-state index in [1.165, 1.54) is 6.26 Å². The van der Waals surface area contributed by atoms with E-state index in [9.17, 15) is 4.79 Å². The minimum atomic E-state index is -0.00209. The molecular formula is C23H27ClN6O3. The molecule has 1 aromatic heterocycles. The number of ether oxygens (including phenoxy) is 1. The zero-order chi connectivity index (χ0) is 23.4. The van der Waals surface area contributed by atoms with Crippen molar-refractivity contribution in [2.45, 2.75) is 13.3 Å². The van der Waals surface area contributed by atoms with Crippen molar-refractivity contribution in [1.82, 2.24) is 14.9 Å².